The van der Waals surface area contributed by atoms with Gasteiger partial charge in [-0.15, -0.1) is 0 Å². The number of carbonyl (C=O) groups is 1. The summed E-state index contributed by atoms with van der Waals surface area (Å²) in [5.41, 5.74) is 2.35. The van der Waals surface area contributed by atoms with Crippen LogP contribution in [-0.4, -0.2) is 17.0 Å². The minimum Gasteiger partial charge on any atom is -0.356 e. The van der Waals surface area contributed by atoms with Crippen LogP contribution in [0, 0.1) is 5.92 Å². The van der Waals surface area contributed by atoms with E-state index in [-0.39, 0.29) is 17.7 Å². The molecule has 1 fully saturated rings. The summed E-state index contributed by atoms with van der Waals surface area (Å²) in [5.74, 6) is 0.511. The fourth-order valence-electron chi connectivity index (χ4n) is 3.53. The monoisotopic (exact) mass is 352 g/mol. The Labute approximate surface area is 152 Å². The Hall–Kier alpha value is -2.26. The highest BCUT2D eigenvalue weighted by molar-refractivity contribution is 6.31. The van der Waals surface area contributed by atoms with E-state index in [0.29, 0.717) is 6.54 Å². The molecule has 2 atom stereocenters. The highest BCUT2D eigenvalue weighted by Gasteiger charge is 2.44. The third-order valence-corrected chi connectivity index (χ3v) is 5.33. The van der Waals surface area contributed by atoms with Crippen molar-refractivity contribution >= 4 is 28.4 Å². The zero-order valence-electron chi connectivity index (χ0n) is 14.0. The summed E-state index contributed by atoms with van der Waals surface area (Å²) >= 11 is 6.23. The number of nitrogens with one attached hydrogen (secondary N) is 1. The lowest BCUT2D eigenvalue weighted by molar-refractivity contribution is -0.122. The van der Waals surface area contributed by atoms with Crippen molar-refractivity contribution in [2.45, 2.75) is 25.3 Å². The fraction of sp³-hybridized carbons (Fsp3) is 0.286. The van der Waals surface area contributed by atoms with E-state index in [1.165, 1.54) is 10.9 Å². The first-order valence-corrected chi connectivity index (χ1v) is 9.18. The second-order valence-corrected chi connectivity index (χ2v) is 7.09. The number of para-hydroxylation sites is 1. The molecule has 0 saturated heterocycles. The number of aryl methyl sites for hydroxylation is 1. The van der Waals surface area contributed by atoms with Gasteiger partial charge in [-0.2, -0.15) is 0 Å². The lowest BCUT2D eigenvalue weighted by atomic mass is 10.1. The van der Waals surface area contributed by atoms with Gasteiger partial charge in [0.1, 0.15) is 0 Å². The van der Waals surface area contributed by atoms with Crippen LogP contribution >= 0.6 is 11.6 Å². The van der Waals surface area contributed by atoms with Crippen molar-refractivity contribution in [2.75, 3.05) is 6.54 Å². The topological polar surface area (TPSA) is 34.0 Å². The van der Waals surface area contributed by atoms with Gasteiger partial charge in [-0.1, -0.05) is 48.0 Å². The van der Waals surface area contributed by atoms with Crippen LogP contribution < -0.4 is 5.32 Å². The number of carbonyl (C=O) groups excluding carboxylic acids is 1. The second-order valence-electron chi connectivity index (χ2n) is 6.68. The molecule has 4 heteroatoms. The molecule has 3 aromatic rings. The van der Waals surface area contributed by atoms with E-state index >= 15 is 0 Å². The standard InChI is InChI=1S/C21H21ClN2O/c22-19-8-3-2-7-16(19)17-14-18(17)21(25)23-11-5-12-24-13-10-15-6-1-4-9-20(15)24/h1-4,6-10,13,17-18H,5,11-12,14H2,(H,23,25). The van der Waals surface area contributed by atoms with Crippen LogP contribution in [0.15, 0.2) is 60.8 Å². The third kappa shape index (κ3) is 3.42. The van der Waals surface area contributed by atoms with Crippen LogP contribution in [0.1, 0.15) is 24.3 Å². The average molecular weight is 353 g/mol. The second kappa shape index (κ2) is 6.93. The number of benzene rings is 2. The fourth-order valence-corrected chi connectivity index (χ4v) is 3.81. The molecule has 1 heterocycles. The summed E-state index contributed by atoms with van der Waals surface area (Å²) in [6.45, 7) is 1.61. The molecule has 2 aromatic carbocycles. The van der Waals surface area contributed by atoms with Gasteiger partial charge in [-0.3, -0.25) is 4.79 Å². The number of amides is 1. The molecule has 1 aliphatic carbocycles. The third-order valence-electron chi connectivity index (χ3n) is 4.99. The largest absolute Gasteiger partial charge is 0.356 e. The molecule has 1 aliphatic rings. The molecule has 1 amide bonds. The van der Waals surface area contributed by atoms with Gasteiger partial charge in [0, 0.05) is 35.7 Å². The van der Waals surface area contributed by atoms with E-state index in [2.05, 4.69) is 46.4 Å². The summed E-state index contributed by atoms with van der Waals surface area (Å²) in [6.07, 6.45) is 3.94. The molecule has 0 bridgehead atoms. The van der Waals surface area contributed by atoms with Gasteiger partial charge in [0.15, 0.2) is 0 Å². The van der Waals surface area contributed by atoms with E-state index in [1.54, 1.807) is 0 Å². The van der Waals surface area contributed by atoms with Gasteiger partial charge < -0.3 is 9.88 Å². The number of hydrogen-bond donors (Lipinski definition) is 1. The summed E-state index contributed by atoms with van der Waals surface area (Å²) in [6, 6.07) is 18.3. The summed E-state index contributed by atoms with van der Waals surface area (Å²) < 4.78 is 2.24. The quantitative estimate of drug-likeness (QED) is 0.646. The van der Waals surface area contributed by atoms with E-state index in [0.717, 1.165) is 30.0 Å². The minimum atomic E-state index is 0.0762. The molecule has 2 unspecified atom stereocenters. The van der Waals surface area contributed by atoms with Crippen molar-refractivity contribution in [1.82, 2.24) is 9.88 Å². The average Bonchev–Trinajstić information content (AvgIpc) is 3.32. The van der Waals surface area contributed by atoms with Gasteiger partial charge >= 0.3 is 0 Å². The van der Waals surface area contributed by atoms with Crippen LogP contribution in [0.4, 0.5) is 0 Å². The summed E-state index contributed by atoms with van der Waals surface area (Å²) in [5, 5.41) is 5.10. The smallest absolute Gasteiger partial charge is 0.223 e. The maximum absolute atomic E-state index is 12.3. The van der Waals surface area contributed by atoms with Crippen molar-refractivity contribution in [3.05, 3.63) is 71.4 Å². The van der Waals surface area contributed by atoms with E-state index in [1.807, 2.05) is 24.3 Å². The maximum Gasteiger partial charge on any atom is 0.223 e. The Morgan fingerprint density at radius 1 is 1.12 bits per heavy atom. The minimum absolute atomic E-state index is 0.0762. The molecule has 1 N–H and O–H groups in total. The van der Waals surface area contributed by atoms with Crippen molar-refractivity contribution in [3.63, 3.8) is 0 Å². The molecule has 0 aliphatic heterocycles. The zero-order chi connectivity index (χ0) is 17.2. The molecule has 0 spiro atoms. The first kappa shape index (κ1) is 16.2. The number of hydrogen-bond acceptors (Lipinski definition) is 1. The first-order valence-electron chi connectivity index (χ1n) is 8.80. The SMILES string of the molecule is O=C(NCCCn1ccc2ccccc21)C1CC1c1ccccc1Cl. The van der Waals surface area contributed by atoms with Crippen molar-refractivity contribution in [1.29, 1.82) is 0 Å². The van der Waals surface area contributed by atoms with Gasteiger partial charge in [0.25, 0.3) is 0 Å². The normalized spacial score (nSPS) is 19.1. The Kier molecular flexibility index (Phi) is 4.50. The zero-order valence-corrected chi connectivity index (χ0v) is 14.7. The number of fused-ring (bicyclic) bond motifs is 1. The predicted octanol–water partition coefficient (Wildman–Crippen LogP) is 4.60. The molecule has 0 radical (unpaired) electrons. The lowest BCUT2D eigenvalue weighted by Crippen LogP contribution is -2.27. The van der Waals surface area contributed by atoms with E-state index in [9.17, 15) is 4.79 Å². The van der Waals surface area contributed by atoms with Gasteiger partial charge in [0.2, 0.25) is 5.91 Å². The molecule has 3 nitrogen and oxygen atoms in total. The van der Waals surface area contributed by atoms with Crippen molar-refractivity contribution < 1.29 is 4.79 Å². The molecular weight excluding hydrogens is 332 g/mol. The number of rotatable bonds is 6. The first-order chi connectivity index (χ1) is 12.2. The van der Waals surface area contributed by atoms with E-state index in [4.69, 9.17) is 11.6 Å². The highest BCUT2D eigenvalue weighted by atomic mass is 35.5. The summed E-state index contributed by atoms with van der Waals surface area (Å²) in [7, 11) is 0. The van der Waals surface area contributed by atoms with Gasteiger partial charge in [-0.05, 0) is 47.9 Å². The Bertz CT molecular complexity index is 902. The molecular formula is C21H21ClN2O. The number of halogens is 1. The van der Waals surface area contributed by atoms with Crippen LogP contribution in [-0.2, 0) is 11.3 Å². The number of aromatic nitrogens is 1. The Morgan fingerprint density at radius 2 is 1.92 bits per heavy atom. The van der Waals surface area contributed by atoms with E-state index < -0.39 is 0 Å². The molecule has 1 aromatic heterocycles. The highest BCUT2D eigenvalue weighted by Crippen LogP contribution is 2.49. The van der Waals surface area contributed by atoms with Crippen LogP contribution in [0.25, 0.3) is 10.9 Å². The van der Waals surface area contributed by atoms with Crippen molar-refractivity contribution in [2.24, 2.45) is 5.92 Å². The molecule has 1 saturated carbocycles. The van der Waals surface area contributed by atoms with Gasteiger partial charge in [0.05, 0.1) is 0 Å². The Balaban J connectivity index is 1.26. The number of nitrogens with zero attached hydrogens (tertiary/aromatic N) is 1. The molecule has 4 rings (SSSR count). The van der Waals surface area contributed by atoms with Crippen LogP contribution in [0.3, 0.4) is 0 Å². The molecule has 25 heavy (non-hydrogen) atoms. The lowest BCUT2D eigenvalue weighted by Gasteiger charge is -2.08. The predicted molar refractivity (Wildman–Crippen MR) is 102 cm³/mol. The Morgan fingerprint density at radius 3 is 2.80 bits per heavy atom. The maximum atomic E-state index is 12.3. The van der Waals surface area contributed by atoms with Crippen LogP contribution in [0.5, 0.6) is 0 Å². The van der Waals surface area contributed by atoms with Crippen LogP contribution in [0.2, 0.25) is 5.02 Å². The van der Waals surface area contributed by atoms with Crippen molar-refractivity contribution in [3.8, 4) is 0 Å². The molecule has 128 valence electrons. The van der Waals surface area contributed by atoms with Gasteiger partial charge in [-0.25, -0.2) is 0 Å². The summed E-state index contributed by atoms with van der Waals surface area (Å²) in [4.78, 5) is 12.3.